The molecule has 0 heterocycles. The van der Waals surface area contributed by atoms with Crippen LogP contribution in [0.15, 0.2) is 66.2 Å². The van der Waals surface area contributed by atoms with Crippen LogP contribution in [0, 0.1) is 5.41 Å². The molecule has 0 amide bonds. The van der Waals surface area contributed by atoms with Gasteiger partial charge in [-0.15, -0.1) is 0 Å². The van der Waals surface area contributed by atoms with E-state index in [2.05, 4.69) is 37.3 Å². The van der Waals surface area contributed by atoms with Gasteiger partial charge in [0, 0.05) is 0 Å². The van der Waals surface area contributed by atoms with Crippen LogP contribution in [0.1, 0.15) is 30.5 Å². The number of hydrogen-bond donors (Lipinski definition) is 1. The molecule has 0 aromatic heterocycles. The summed E-state index contributed by atoms with van der Waals surface area (Å²) in [7, 11) is 0.500. The first-order valence-electron chi connectivity index (χ1n) is 7.48. The van der Waals surface area contributed by atoms with Gasteiger partial charge < -0.3 is 5.41 Å². The second kappa shape index (κ2) is 9.67. The zero-order chi connectivity index (χ0) is 16.4. The molecule has 0 fully saturated rings. The van der Waals surface area contributed by atoms with E-state index < -0.39 is 0 Å². The highest BCUT2D eigenvalue weighted by atomic mass is 19.1. The van der Waals surface area contributed by atoms with Crippen LogP contribution in [-0.2, 0) is 12.8 Å². The summed E-state index contributed by atoms with van der Waals surface area (Å²) >= 11 is 0. The van der Waals surface area contributed by atoms with E-state index in [-0.39, 0.29) is 0 Å². The molecule has 1 nitrogen and oxygen atoms in total. The Morgan fingerprint density at radius 2 is 1.50 bits per heavy atom. The summed E-state index contributed by atoms with van der Waals surface area (Å²) in [5.74, 6) is 0. The molecule has 0 aliphatic heterocycles. The van der Waals surface area contributed by atoms with Crippen molar-refractivity contribution in [2.75, 3.05) is 7.18 Å². The zero-order valence-electron chi connectivity index (χ0n) is 13.6. The fraction of sp³-hybridized carbons (Fsp3) is 0.250. The van der Waals surface area contributed by atoms with Crippen molar-refractivity contribution in [1.29, 1.82) is 5.41 Å². The third-order valence-electron chi connectivity index (χ3n) is 3.58. The molecular weight excluding hydrogens is 273 g/mol. The third-order valence-corrected chi connectivity index (χ3v) is 3.58. The van der Waals surface area contributed by atoms with Crippen molar-refractivity contribution in [2.45, 2.75) is 26.7 Å². The lowest BCUT2D eigenvalue weighted by molar-refractivity contribution is 0.636. The van der Waals surface area contributed by atoms with Gasteiger partial charge in [-0.2, -0.15) is 0 Å². The van der Waals surface area contributed by atoms with Gasteiger partial charge in [0.05, 0.1) is 12.9 Å². The molecule has 0 aliphatic carbocycles. The van der Waals surface area contributed by atoms with E-state index in [0.717, 1.165) is 24.0 Å². The Kier molecular flexibility index (Phi) is 7.84. The lowest BCUT2D eigenvalue weighted by Crippen LogP contribution is -2.01. The molecule has 0 bridgehead atoms. The summed E-state index contributed by atoms with van der Waals surface area (Å²) in [5.41, 5.74) is 5.37. The van der Waals surface area contributed by atoms with Crippen molar-refractivity contribution in [3.05, 3.63) is 82.9 Å². The predicted molar refractivity (Wildman–Crippen MR) is 93.6 cm³/mol. The van der Waals surface area contributed by atoms with Gasteiger partial charge in [-0.05, 0) is 42.0 Å². The predicted octanol–water partition coefficient (Wildman–Crippen LogP) is 5.39. The summed E-state index contributed by atoms with van der Waals surface area (Å²) < 4.78 is 9.50. The van der Waals surface area contributed by atoms with Gasteiger partial charge in [0.1, 0.15) is 0 Å². The van der Waals surface area contributed by atoms with E-state index in [1.807, 2.05) is 37.3 Å². The number of aryl methyl sites for hydroxylation is 1. The van der Waals surface area contributed by atoms with Crippen LogP contribution in [0.5, 0.6) is 0 Å². The van der Waals surface area contributed by atoms with Gasteiger partial charge in [-0.3, -0.25) is 4.39 Å². The molecule has 0 saturated heterocycles. The molecule has 2 rings (SSSR count). The summed E-state index contributed by atoms with van der Waals surface area (Å²) in [5, 5.41) is 8.23. The van der Waals surface area contributed by atoms with Crippen molar-refractivity contribution in [1.82, 2.24) is 0 Å². The topological polar surface area (TPSA) is 23.9 Å². The Hall–Kier alpha value is -2.22. The fourth-order valence-corrected chi connectivity index (χ4v) is 2.30. The van der Waals surface area contributed by atoms with Crippen LogP contribution >= 0.6 is 0 Å². The molecule has 2 aromatic carbocycles. The van der Waals surface area contributed by atoms with Crippen molar-refractivity contribution in [2.24, 2.45) is 0 Å². The highest BCUT2D eigenvalue weighted by Crippen LogP contribution is 2.13. The zero-order valence-corrected chi connectivity index (χ0v) is 13.6. The van der Waals surface area contributed by atoms with Crippen LogP contribution in [0.2, 0.25) is 0 Å². The SMILES string of the molecule is CCc1ccccc1C/C=C(/C)C(=N)c1ccccc1.CF. The minimum atomic E-state index is 0.500. The Balaban J connectivity index is 0.00000116. The molecule has 2 aromatic rings. The summed E-state index contributed by atoms with van der Waals surface area (Å²) in [6.45, 7) is 4.20. The normalized spacial score (nSPS) is 10.6. The van der Waals surface area contributed by atoms with Gasteiger partial charge in [0.15, 0.2) is 0 Å². The molecule has 0 radical (unpaired) electrons. The molecular formula is C20H24FN. The molecule has 22 heavy (non-hydrogen) atoms. The van der Waals surface area contributed by atoms with Gasteiger partial charge in [-0.1, -0.05) is 67.6 Å². The van der Waals surface area contributed by atoms with Crippen LogP contribution in [0.3, 0.4) is 0 Å². The largest absolute Gasteiger partial charge is 0.300 e. The van der Waals surface area contributed by atoms with Crippen molar-refractivity contribution >= 4 is 5.71 Å². The standard InChI is InChI=1S/C19H21N.CH3F/c1-3-16-9-7-8-10-17(16)14-13-15(2)19(20)18-11-5-4-6-12-18;1-2/h4-13,20H,3,14H2,1-2H3;1H3/b15-13-,20-19?;. The van der Waals surface area contributed by atoms with Crippen molar-refractivity contribution in [3.8, 4) is 0 Å². The second-order valence-electron chi connectivity index (χ2n) is 4.95. The number of hydrogen-bond acceptors (Lipinski definition) is 1. The Bertz CT molecular complexity index is 615. The lowest BCUT2D eigenvalue weighted by atomic mass is 9.98. The van der Waals surface area contributed by atoms with Crippen molar-refractivity contribution < 1.29 is 4.39 Å². The molecule has 0 spiro atoms. The van der Waals surface area contributed by atoms with Gasteiger partial charge in [-0.25, -0.2) is 0 Å². The molecule has 2 heteroatoms. The first kappa shape index (κ1) is 17.8. The van der Waals surface area contributed by atoms with Gasteiger partial charge in [0.25, 0.3) is 0 Å². The maximum Gasteiger partial charge on any atom is 0.0785 e. The summed E-state index contributed by atoms with van der Waals surface area (Å²) in [6, 6.07) is 18.4. The quantitative estimate of drug-likeness (QED) is 0.715. The highest BCUT2D eigenvalue weighted by Gasteiger charge is 2.03. The van der Waals surface area contributed by atoms with Crippen LogP contribution in [-0.4, -0.2) is 12.9 Å². The number of nitrogens with one attached hydrogen (secondary N) is 1. The Labute approximate surface area is 133 Å². The monoisotopic (exact) mass is 297 g/mol. The average molecular weight is 297 g/mol. The van der Waals surface area contributed by atoms with Gasteiger partial charge >= 0.3 is 0 Å². The molecule has 0 saturated carbocycles. The Morgan fingerprint density at radius 1 is 0.955 bits per heavy atom. The number of rotatable bonds is 5. The molecule has 0 atom stereocenters. The first-order valence-corrected chi connectivity index (χ1v) is 7.48. The Morgan fingerprint density at radius 3 is 2.09 bits per heavy atom. The minimum Gasteiger partial charge on any atom is -0.300 e. The average Bonchev–Trinajstić information content (AvgIpc) is 2.61. The second-order valence-corrected chi connectivity index (χ2v) is 4.95. The number of benzene rings is 2. The van der Waals surface area contributed by atoms with E-state index >= 15 is 0 Å². The van der Waals surface area contributed by atoms with E-state index in [1.165, 1.54) is 11.1 Å². The van der Waals surface area contributed by atoms with Crippen molar-refractivity contribution in [3.63, 3.8) is 0 Å². The fourth-order valence-electron chi connectivity index (χ4n) is 2.30. The molecule has 1 N–H and O–H groups in total. The molecule has 116 valence electrons. The minimum absolute atomic E-state index is 0.500. The summed E-state index contributed by atoms with van der Waals surface area (Å²) in [4.78, 5) is 0. The smallest absolute Gasteiger partial charge is 0.0785 e. The summed E-state index contributed by atoms with van der Waals surface area (Å²) in [6.07, 6.45) is 4.11. The van der Waals surface area contributed by atoms with E-state index in [4.69, 9.17) is 5.41 Å². The number of halogens is 1. The van der Waals surface area contributed by atoms with E-state index in [9.17, 15) is 4.39 Å². The van der Waals surface area contributed by atoms with Crippen LogP contribution in [0.25, 0.3) is 0 Å². The number of allylic oxidation sites excluding steroid dienone is 2. The van der Waals surface area contributed by atoms with Gasteiger partial charge in [0.2, 0.25) is 0 Å². The number of alkyl halides is 1. The van der Waals surface area contributed by atoms with Crippen LogP contribution < -0.4 is 0 Å². The molecule has 0 aliphatic rings. The van der Waals surface area contributed by atoms with E-state index in [0.29, 0.717) is 12.9 Å². The van der Waals surface area contributed by atoms with Crippen LogP contribution in [0.4, 0.5) is 4.39 Å². The molecule has 0 unspecified atom stereocenters. The lowest BCUT2D eigenvalue weighted by Gasteiger charge is -2.07. The highest BCUT2D eigenvalue weighted by molar-refractivity contribution is 6.10. The first-order chi connectivity index (χ1) is 10.7. The van der Waals surface area contributed by atoms with E-state index in [1.54, 1.807) is 0 Å². The maximum absolute atomic E-state index is 9.50. The third kappa shape index (κ3) is 4.96. The maximum atomic E-state index is 9.50.